The summed E-state index contributed by atoms with van der Waals surface area (Å²) in [5.74, 6) is 1.14. The Kier molecular flexibility index (Phi) is 8.94. The Morgan fingerprint density at radius 1 is 0.967 bits per heavy atom. The van der Waals surface area contributed by atoms with Gasteiger partial charge in [0.15, 0.2) is 0 Å². The van der Waals surface area contributed by atoms with Gasteiger partial charge in [-0.2, -0.15) is 4.31 Å². The van der Waals surface area contributed by atoms with Crippen molar-refractivity contribution in [1.82, 2.24) is 4.31 Å². The molecule has 0 bridgehead atoms. The number of benzene rings is 2. The van der Waals surface area contributed by atoms with Crippen LogP contribution in [0, 0.1) is 11.8 Å². The number of rotatable bonds is 10. The van der Waals surface area contributed by atoms with Gasteiger partial charge in [-0.3, -0.25) is 4.79 Å². The van der Waals surface area contributed by atoms with E-state index in [1.54, 1.807) is 46.4 Å². The number of hydrogen-bond donors (Lipinski definition) is 1. The first-order valence-corrected chi connectivity index (χ1v) is 12.7. The van der Waals surface area contributed by atoms with Crippen molar-refractivity contribution >= 4 is 33.4 Å². The molecule has 0 aliphatic heterocycles. The van der Waals surface area contributed by atoms with Gasteiger partial charge in [0.05, 0.1) is 10.5 Å². The maximum atomic E-state index is 13.1. The highest BCUT2D eigenvalue weighted by molar-refractivity contribution is 7.99. The third-order valence-electron chi connectivity index (χ3n) is 4.32. The molecule has 0 saturated carbocycles. The van der Waals surface area contributed by atoms with Crippen LogP contribution in [0.4, 0.5) is 5.69 Å². The second-order valence-electron chi connectivity index (χ2n) is 8.02. The predicted molar refractivity (Wildman–Crippen MR) is 126 cm³/mol. The number of carbonyl (C=O) groups is 1. The summed E-state index contributed by atoms with van der Waals surface area (Å²) in [7, 11) is -3.59. The lowest BCUT2D eigenvalue weighted by atomic mass is 10.2. The third-order valence-corrected chi connectivity index (χ3v) is 7.12. The molecule has 0 unspecified atom stereocenters. The Morgan fingerprint density at radius 2 is 1.53 bits per heavy atom. The van der Waals surface area contributed by atoms with E-state index < -0.39 is 10.0 Å². The molecule has 1 N–H and O–H groups in total. The Morgan fingerprint density at radius 3 is 2.07 bits per heavy atom. The molecule has 0 heterocycles. The lowest BCUT2D eigenvalue weighted by Crippen LogP contribution is -2.37. The average molecular weight is 449 g/mol. The van der Waals surface area contributed by atoms with Gasteiger partial charge in [0.1, 0.15) is 0 Å². The van der Waals surface area contributed by atoms with E-state index in [1.807, 2.05) is 52.8 Å². The highest BCUT2D eigenvalue weighted by Gasteiger charge is 2.26. The third kappa shape index (κ3) is 6.59. The van der Waals surface area contributed by atoms with Gasteiger partial charge in [0.2, 0.25) is 10.0 Å². The summed E-state index contributed by atoms with van der Waals surface area (Å²) in [5.41, 5.74) is 1.18. The lowest BCUT2D eigenvalue weighted by Gasteiger charge is -2.25. The fraction of sp³-hybridized carbons (Fsp3) is 0.435. The molecule has 0 radical (unpaired) electrons. The van der Waals surface area contributed by atoms with Crippen LogP contribution in [0.25, 0.3) is 0 Å². The van der Waals surface area contributed by atoms with E-state index in [9.17, 15) is 13.2 Å². The summed E-state index contributed by atoms with van der Waals surface area (Å²) < 4.78 is 27.8. The molecule has 30 heavy (non-hydrogen) atoms. The van der Waals surface area contributed by atoms with Crippen LogP contribution in [0.15, 0.2) is 58.3 Å². The van der Waals surface area contributed by atoms with E-state index in [2.05, 4.69) is 5.32 Å². The number of hydrogen-bond acceptors (Lipinski definition) is 4. The van der Waals surface area contributed by atoms with Gasteiger partial charge in [-0.15, -0.1) is 11.8 Å². The van der Waals surface area contributed by atoms with Crippen LogP contribution in [0.1, 0.15) is 45.0 Å². The number of nitrogens with one attached hydrogen (secondary N) is 1. The SMILES string of the molecule is CCSc1ccccc1C(=O)Nc1ccc(S(=O)(=O)N(CC(C)C)CC(C)C)cc1. The quantitative estimate of drug-likeness (QED) is 0.497. The molecule has 2 rings (SSSR count). The monoisotopic (exact) mass is 448 g/mol. The molecule has 0 aliphatic carbocycles. The van der Waals surface area contributed by atoms with E-state index in [1.165, 1.54) is 0 Å². The average Bonchev–Trinajstić information content (AvgIpc) is 2.68. The fourth-order valence-corrected chi connectivity index (χ4v) is 5.65. The van der Waals surface area contributed by atoms with Crippen molar-refractivity contribution < 1.29 is 13.2 Å². The first kappa shape index (κ1) is 24.4. The molecule has 5 nitrogen and oxygen atoms in total. The second-order valence-corrected chi connectivity index (χ2v) is 11.3. The van der Waals surface area contributed by atoms with E-state index in [0.717, 1.165) is 10.6 Å². The van der Waals surface area contributed by atoms with Crippen LogP contribution in [0.3, 0.4) is 0 Å². The number of anilines is 1. The molecule has 2 aromatic rings. The molecule has 0 aromatic heterocycles. The van der Waals surface area contributed by atoms with E-state index >= 15 is 0 Å². The molecule has 0 fully saturated rings. The topological polar surface area (TPSA) is 66.5 Å². The number of amides is 1. The summed E-state index contributed by atoms with van der Waals surface area (Å²) in [4.78, 5) is 13.9. The van der Waals surface area contributed by atoms with Crippen molar-refractivity contribution in [3.05, 3.63) is 54.1 Å². The summed E-state index contributed by atoms with van der Waals surface area (Å²) in [6, 6.07) is 13.9. The first-order chi connectivity index (χ1) is 14.1. The van der Waals surface area contributed by atoms with Crippen LogP contribution in [-0.2, 0) is 10.0 Å². The van der Waals surface area contributed by atoms with Crippen molar-refractivity contribution in [3.63, 3.8) is 0 Å². The Labute approximate surface area is 185 Å². The Balaban J connectivity index is 2.20. The Bertz CT molecular complexity index is 929. The molecular formula is C23H32N2O3S2. The Hall–Kier alpha value is -1.83. The summed E-state index contributed by atoms with van der Waals surface area (Å²) in [6.07, 6.45) is 0. The van der Waals surface area contributed by atoms with E-state index in [-0.39, 0.29) is 22.6 Å². The van der Waals surface area contributed by atoms with Crippen LogP contribution in [0.2, 0.25) is 0 Å². The molecule has 0 aliphatic rings. The van der Waals surface area contributed by atoms with Gasteiger partial charge < -0.3 is 5.32 Å². The van der Waals surface area contributed by atoms with E-state index in [0.29, 0.717) is 24.3 Å². The molecule has 0 saturated heterocycles. The molecule has 0 spiro atoms. The van der Waals surface area contributed by atoms with Gasteiger partial charge in [-0.1, -0.05) is 46.8 Å². The zero-order valence-electron chi connectivity index (χ0n) is 18.4. The summed E-state index contributed by atoms with van der Waals surface area (Å²) in [6.45, 7) is 11.0. The minimum atomic E-state index is -3.59. The van der Waals surface area contributed by atoms with Crippen molar-refractivity contribution in [2.24, 2.45) is 11.8 Å². The van der Waals surface area contributed by atoms with Crippen molar-refractivity contribution in [2.75, 3.05) is 24.2 Å². The normalized spacial score (nSPS) is 12.0. The highest BCUT2D eigenvalue weighted by atomic mass is 32.2. The zero-order valence-corrected chi connectivity index (χ0v) is 20.0. The number of thioether (sulfide) groups is 1. The van der Waals surface area contributed by atoms with Gasteiger partial charge >= 0.3 is 0 Å². The molecule has 7 heteroatoms. The summed E-state index contributed by atoms with van der Waals surface area (Å²) in [5, 5.41) is 2.87. The van der Waals surface area contributed by atoms with Crippen LogP contribution >= 0.6 is 11.8 Å². The van der Waals surface area contributed by atoms with Crippen LogP contribution in [-0.4, -0.2) is 37.5 Å². The highest BCUT2D eigenvalue weighted by Crippen LogP contribution is 2.24. The molecule has 0 atom stereocenters. The minimum Gasteiger partial charge on any atom is -0.322 e. The zero-order chi connectivity index (χ0) is 22.3. The molecule has 164 valence electrons. The summed E-state index contributed by atoms with van der Waals surface area (Å²) >= 11 is 1.61. The van der Waals surface area contributed by atoms with Crippen molar-refractivity contribution in [2.45, 2.75) is 44.4 Å². The van der Waals surface area contributed by atoms with Gasteiger partial charge in [-0.05, 0) is 54.0 Å². The minimum absolute atomic E-state index is 0.205. The van der Waals surface area contributed by atoms with Gasteiger partial charge in [0, 0.05) is 23.7 Å². The first-order valence-electron chi connectivity index (χ1n) is 10.3. The number of carbonyl (C=O) groups excluding carboxylic acids is 1. The molecule has 2 aromatic carbocycles. The largest absolute Gasteiger partial charge is 0.322 e. The predicted octanol–water partition coefficient (Wildman–Crippen LogP) is 5.35. The fourth-order valence-electron chi connectivity index (χ4n) is 3.08. The number of sulfonamides is 1. The maximum absolute atomic E-state index is 13.1. The maximum Gasteiger partial charge on any atom is 0.256 e. The standard InChI is InChI=1S/C23H32N2O3S2/c1-6-29-22-10-8-7-9-21(22)23(26)24-19-11-13-20(14-12-19)30(27,28)25(15-17(2)3)16-18(4)5/h7-14,17-18H,6,15-16H2,1-5H3,(H,24,26). The van der Waals surface area contributed by atoms with Crippen molar-refractivity contribution in [1.29, 1.82) is 0 Å². The van der Waals surface area contributed by atoms with Crippen LogP contribution < -0.4 is 5.32 Å². The lowest BCUT2D eigenvalue weighted by molar-refractivity contribution is 0.102. The smallest absolute Gasteiger partial charge is 0.256 e. The van der Waals surface area contributed by atoms with Gasteiger partial charge in [0.25, 0.3) is 5.91 Å². The molecular weight excluding hydrogens is 416 g/mol. The number of nitrogens with zero attached hydrogens (tertiary/aromatic N) is 1. The van der Waals surface area contributed by atoms with E-state index in [4.69, 9.17) is 0 Å². The van der Waals surface area contributed by atoms with Gasteiger partial charge in [-0.25, -0.2) is 8.42 Å². The second kappa shape index (κ2) is 11.0. The van der Waals surface area contributed by atoms with Crippen molar-refractivity contribution in [3.8, 4) is 0 Å². The molecule has 1 amide bonds. The van der Waals surface area contributed by atoms with Crippen LogP contribution in [0.5, 0.6) is 0 Å².